The maximum atomic E-state index is 11.9. The maximum absolute atomic E-state index is 11.9. The molecule has 0 spiro atoms. The SMILES string of the molecule is CCN(CC)CC(=O)Nc1cc2c(cc1N)OCO2.Cl.Cl. The number of halogens is 2. The van der Waals surface area contributed by atoms with Crippen molar-refractivity contribution in [3.63, 3.8) is 0 Å². The molecular formula is C13H21Cl2N3O3. The van der Waals surface area contributed by atoms with Gasteiger partial charge in [0.25, 0.3) is 0 Å². The van der Waals surface area contributed by atoms with Crippen LogP contribution in [0.1, 0.15) is 13.8 Å². The lowest BCUT2D eigenvalue weighted by molar-refractivity contribution is -0.117. The highest BCUT2D eigenvalue weighted by molar-refractivity contribution is 5.95. The van der Waals surface area contributed by atoms with Gasteiger partial charge in [0, 0.05) is 12.1 Å². The minimum absolute atomic E-state index is 0. The molecule has 8 heteroatoms. The summed E-state index contributed by atoms with van der Waals surface area (Å²) in [7, 11) is 0. The van der Waals surface area contributed by atoms with E-state index in [0.29, 0.717) is 29.4 Å². The lowest BCUT2D eigenvalue weighted by atomic mass is 10.2. The molecule has 3 N–H and O–H groups in total. The van der Waals surface area contributed by atoms with Gasteiger partial charge in [0.05, 0.1) is 17.9 Å². The molecule has 1 heterocycles. The largest absolute Gasteiger partial charge is 0.454 e. The van der Waals surface area contributed by atoms with Crippen LogP contribution in [-0.2, 0) is 4.79 Å². The Hall–Kier alpha value is -1.37. The zero-order valence-electron chi connectivity index (χ0n) is 12.0. The smallest absolute Gasteiger partial charge is 0.238 e. The van der Waals surface area contributed by atoms with E-state index < -0.39 is 0 Å². The van der Waals surface area contributed by atoms with Gasteiger partial charge >= 0.3 is 0 Å². The van der Waals surface area contributed by atoms with E-state index in [1.807, 2.05) is 18.7 Å². The first-order chi connectivity index (χ1) is 9.13. The number of anilines is 2. The average Bonchev–Trinajstić information content (AvgIpc) is 2.83. The number of nitrogens with zero attached hydrogens (tertiary/aromatic N) is 1. The van der Waals surface area contributed by atoms with Crippen molar-refractivity contribution in [2.24, 2.45) is 0 Å². The Bertz CT molecular complexity index is 482. The van der Waals surface area contributed by atoms with Crippen molar-refractivity contribution in [2.75, 3.05) is 37.5 Å². The fraction of sp³-hybridized carbons (Fsp3) is 0.462. The van der Waals surface area contributed by atoms with E-state index in [-0.39, 0.29) is 37.5 Å². The second kappa shape index (κ2) is 8.81. The maximum Gasteiger partial charge on any atom is 0.238 e. The van der Waals surface area contributed by atoms with E-state index in [1.165, 1.54) is 0 Å². The van der Waals surface area contributed by atoms with Gasteiger partial charge in [-0.2, -0.15) is 0 Å². The molecule has 1 aliphatic heterocycles. The van der Waals surface area contributed by atoms with Gasteiger partial charge < -0.3 is 20.5 Å². The third kappa shape index (κ3) is 4.84. The molecule has 0 unspecified atom stereocenters. The van der Waals surface area contributed by atoms with Crippen molar-refractivity contribution in [1.82, 2.24) is 4.90 Å². The summed E-state index contributed by atoms with van der Waals surface area (Å²) in [5.74, 6) is 1.13. The van der Waals surface area contributed by atoms with Gasteiger partial charge in [-0.3, -0.25) is 9.69 Å². The number of hydrogen-bond donors (Lipinski definition) is 2. The van der Waals surface area contributed by atoms with Crippen LogP contribution >= 0.6 is 24.8 Å². The average molecular weight is 338 g/mol. The Morgan fingerprint density at radius 3 is 2.38 bits per heavy atom. The number of nitrogens with two attached hydrogens (primary N) is 1. The summed E-state index contributed by atoms with van der Waals surface area (Å²) >= 11 is 0. The first kappa shape index (κ1) is 19.6. The molecular weight excluding hydrogens is 317 g/mol. The van der Waals surface area contributed by atoms with Gasteiger partial charge in [-0.15, -0.1) is 24.8 Å². The number of nitrogens with one attached hydrogen (secondary N) is 1. The van der Waals surface area contributed by atoms with E-state index >= 15 is 0 Å². The van der Waals surface area contributed by atoms with Crippen molar-refractivity contribution >= 4 is 42.1 Å². The lowest BCUT2D eigenvalue weighted by Crippen LogP contribution is -2.33. The van der Waals surface area contributed by atoms with Crippen LogP contribution in [0.25, 0.3) is 0 Å². The zero-order valence-corrected chi connectivity index (χ0v) is 13.7. The summed E-state index contributed by atoms with van der Waals surface area (Å²) in [6, 6.07) is 3.35. The molecule has 0 bridgehead atoms. The molecule has 1 aromatic rings. The third-order valence-electron chi connectivity index (χ3n) is 3.08. The molecule has 0 radical (unpaired) electrons. The van der Waals surface area contributed by atoms with Crippen LogP contribution in [0, 0.1) is 0 Å². The molecule has 0 aliphatic carbocycles. The summed E-state index contributed by atoms with van der Waals surface area (Å²) in [4.78, 5) is 13.9. The minimum atomic E-state index is -0.0886. The van der Waals surface area contributed by atoms with Gasteiger partial charge in [0.1, 0.15) is 0 Å². The summed E-state index contributed by atoms with van der Waals surface area (Å²) in [5, 5.41) is 2.80. The molecule has 0 saturated carbocycles. The monoisotopic (exact) mass is 337 g/mol. The van der Waals surface area contributed by atoms with Crippen molar-refractivity contribution in [3.8, 4) is 11.5 Å². The van der Waals surface area contributed by atoms with Gasteiger partial charge in [-0.1, -0.05) is 13.8 Å². The minimum Gasteiger partial charge on any atom is -0.454 e. The van der Waals surface area contributed by atoms with Crippen molar-refractivity contribution in [1.29, 1.82) is 0 Å². The van der Waals surface area contributed by atoms with Crippen LogP contribution in [0.4, 0.5) is 11.4 Å². The molecule has 1 amide bonds. The summed E-state index contributed by atoms with van der Waals surface area (Å²) < 4.78 is 10.5. The Labute approximate surface area is 136 Å². The molecule has 6 nitrogen and oxygen atoms in total. The predicted molar refractivity (Wildman–Crippen MR) is 87.9 cm³/mol. The van der Waals surface area contributed by atoms with Gasteiger partial charge in [-0.05, 0) is 13.1 Å². The van der Waals surface area contributed by atoms with Crippen LogP contribution in [0.15, 0.2) is 12.1 Å². The van der Waals surface area contributed by atoms with Crippen LogP contribution in [0.5, 0.6) is 11.5 Å². The molecule has 0 aromatic heterocycles. The number of carbonyl (C=O) groups is 1. The first-order valence-corrected chi connectivity index (χ1v) is 6.35. The van der Waals surface area contributed by atoms with Gasteiger partial charge in [0.15, 0.2) is 11.5 Å². The standard InChI is InChI=1S/C13H19N3O3.2ClH/c1-3-16(4-2)7-13(17)15-10-6-12-11(5-9(10)14)18-8-19-12;;/h5-6H,3-4,7-8,14H2,1-2H3,(H,15,17);2*1H. The van der Waals surface area contributed by atoms with Crippen molar-refractivity contribution < 1.29 is 14.3 Å². The fourth-order valence-corrected chi connectivity index (χ4v) is 1.91. The molecule has 0 saturated heterocycles. The highest BCUT2D eigenvalue weighted by atomic mass is 35.5. The number of hydrogen-bond acceptors (Lipinski definition) is 5. The van der Waals surface area contributed by atoms with E-state index in [9.17, 15) is 4.79 Å². The van der Waals surface area contributed by atoms with Crippen LogP contribution in [0.3, 0.4) is 0 Å². The van der Waals surface area contributed by atoms with E-state index in [0.717, 1.165) is 13.1 Å². The van der Waals surface area contributed by atoms with Crippen LogP contribution < -0.4 is 20.5 Å². The number of rotatable bonds is 5. The highest BCUT2D eigenvalue weighted by Gasteiger charge is 2.17. The fourth-order valence-electron chi connectivity index (χ4n) is 1.91. The number of amides is 1. The molecule has 1 aliphatic rings. The Kier molecular flexibility index (Phi) is 8.24. The molecule has 120 valence electrons. The summed E-state index contributed by atoms with van der Waals surface area (Å²) in [6.07, 6.45) is 0. The summed E-state index contributed by atoms with van der Waals surface area (Å²) in [5.41, 5.74) is 6.90. The summed E-state index contributed by atoms with van der Waals surface area (Å²) in [6.45, 7) is 6.24. The Balaban J connectivity index is 0.00000200. The number of ether oxygens (including phenoxy) is 2. The molecule has 1 aromatic carbocycles. The van der Waals surface area contributed by atoms with Crippen LogP contribution in [-0.4, -0.2) is 37.2 Å². The topological polar surface area (TPSA) is 76.8 Å². The van der Waals surface area contributed by atoms with Crippen molar-refractivity contribution in [2.45, 2.75) is 13.8 Å². The number of carbonyl (C=O) groups excluding carboxylic acids is 1. The molecule has 2 rings (SSSR count). The van der Waals surface area contributed by atoms with Crippen LogP contribution in [0.2, 0.25) is 0 Å². The predicted octanol–water partition coefficient (Wildman–Crippen LogP) is 2.12. The Morgan fingerprint density at radius 2 is 1.81 bits per heavy atom. The number of benzene rings is 1. The second-order valence-electron chi connectivity index (χ2n) is 4.30. The normalized spacial score (nSPS) is 11.6. The van der Waals surface area contributed by atoms with E-state index in [1.54, 1.807) is 12.1 Å². The first-order valence-electron chi connectivity index (χ1n) is 6.35. The number of likely N-dealkylation sites (N-methyl/N-ethyl adjacent to an activating group) is 1. The van der Waals surface area contributed by atoms with E-state index in [2.05, 4.69) is 5.32 Å². The van der Waals surface area contributed by atoms with E-state index in [4.69, 9.17) is 15.2 Å². The highest BCUT2D eigenvalue weighted by Crippen LogP contribution is 2.38. The van der Waals surface area contributed by atoms with Gasteiger partial charge in [0.2, 0.25) is 12.7 Å². The number of nitrogen functional groups attached to an aromatic ring is 1. The second-order valence-corrected chi connectivity index (χ2v) is 4.30. The quantitative estimate of drug-likeness (QED) is 0.805. The molecule has 0 atom stereocenters. The number of fused-ring (bicyclic) bond motifs is 1. The van der Waals surface area contributed by atoms with Gasteiger partial charge in [-0.25, -0.2) is 0 Å². The Morgan fingerprint density at radius 1 is 1.24 bits per heavy atom. The third-order valence-corrected chi connectivity index (χ3v) is 3.08. The molecule has 21 heavy (non-hydrogen) atoms. The molecule has 0 fully saturated rings. The zero-order chi connectivity index (χ0) is 13.8. The lowest BCUT2D eigenvalue weighted by Gasteiger charge is -2.17. The van der Waals surface area contributed by atoms with Crippen molar-refractivity contribution in [3.05, 3.63) is 12.1 Å².